The van der Waals surface area contributed by atoms with Gasteiger partial charge in [-0.15, -0.1) is 0 Å². The number of rotatable bonds is 7. The van der Waals surface area contributed by atoms with Crippen molar-refractivity contribution in [2.45, 2.75) is 32.7 Å². The van der Waals surface area contributed by atoms with Gasteiger partial charge in [-0.25, -0.2) is 9.97 Å². The molecule has 0 saturated carbocycles. The average molecular weight is 292 g/mol. The van der Waals surface area contributed by atoms with Crippen molar-refractivity contribution < 1.29 is 9.53 Å². The maximum absolute atomic E-state index is 11.9. The third kappa shape index (κ3) is 4.67. The number of likely N-dealkylation sites (tertiary alicyclic amines) is 1. The number of aromatic nitrogens is 2. The van der Waals surface area contributed by atoms with E-state index in [0.29, 0.717) is 31.5 Å². The zero-order valence-electron chi connectivity index (χ0n) is 13.0. The Morgan fingerprint density at radius 2 is 2.33 bits per heavy atom. The van der Waals surface area contributed by atoms with Crippen LogP contribution >= 0.6 is 0 Å². The largest absolute Gasteiger partial charge is 0.383 e. The number of ether oxygens (including phenoxy) is 1. The highest BCUT2D eigenvalue weighted by atomic mass is 16.5. The molecule has 0 bridgehead atoms. The van der Waals surface area contributed by atoms with E-state index in [1.807, 2.05) is 11.0 Å². The molecule has 1 fully saturated rings. The fourth-order valence-corrected chi connectivity index (χ4v) is 2.54. The second-order valence-corrected chi connectivity index (χ2v) is 5.76. The van der Waals surface area contributed by atoms with Crippen LogP contribution in [0.25, 0.3) is 0 Å². The van der Waals surface area contributed by atoms with Crippen LogP contribution in [-0.2, 0) is 16.0 Å². The summed E-state index contributed by atoms with van der Waals surface area (Å²) >= 11 is 0. The standard InChI is InChI=1S/C15H24N4O2/c1-11(2)17-13-4-5-16-14(18-13)8-12-9-15(20)19(10-12)6-7-21-3/h4-5,11-12H,6-10H2,1-3H3,(H,16,17,18). The van der Waals surface area contributed by atoms with Crippen LogP contribution in [0.15, 0.2) is 12.3 Å². The number of hydrogen-bond donors (Lipinski definition) is 1. The molecular formula is C15H24N4O2. The molecule has 6 nitrogen and oxygen atoms in total. The van der Waals surface area contributed by atoms with Gasteiger partial charge in [-0.2, -0.15) is 0 Å². The zero-order chi connectivity index (χ0) is 15.2. The van der Waals surface area contributed by atoms with Crippen molar-refractivity contribution >= 4 is 11.7 Å². The van der Waals surface area contributed by atoms with Crippen molar-refractivity contribution in [2.75, 3.05) is 32.1 Å². The molecule has 2 rings (SSSR count). The summed E-state index contributed by atoms with van der Waals surface area (Å²) in [6.45, 7) is 6.17. The van der Waals surface area contributed by atoms with Crippen molar-refractivity contribution in [3.8, 4) is 0 Å². The first-order valence-corrected chi connectivity index (χ1v) is 7.43. The van der Waals surface area contributed by atoms with Gasteiger partial charge in [0.1, 0.15) is 11.6 Å². The molecule has 0 radical (unpaired) electrons. The topological polar surface area (TPSA) is 67.3 Å². The number of hydrogen-bond acceptors (Lipinski definition) is 5. The summed E-state index contributed by atoms with van der Waals surface area (Å²) in [7, 11) is 1.65. The number of anilines is 1. The second kappa shape index (κ2) is 7.36. The molecule has 1 aromatic heterocycles. The highest BCUT2D eigenvalue weighted by Crippen LogP contribution is 2.21. The Labute approximate surface area is 125 Å². The smallest absolute Gasteiger partial charge is 0.223 e. The zero-order valence-corrected chi connectivity index (χ0v) is 13.0. The van der Waals surface area contributed by atoms with Gasteiger partial charge < -0.3 is 15.0 Å². The minimum atomic E-state index is 0.202. The SMILES string of the molecule is COCCN1CC(Cc2nccc(NC(C)C)n2)CC1=O. The van der Waals surface area contributed by atoms with Gasteiger partial charge in [-0.05, 0) is 25.8 Å². The van der Waals surface area contributed by atoms with Crippen LogP contribution in [-0.4, -0.2) is 53.6 Å². The summed E-state index contributed by atoms with van der Waals surface area (Å²) in [4.78, 5) is 22.6. The number of carbonyl (C=O) groups is 1. The first kappa shape index (κ1) is 15.7. The lowest BCUT2D eigenvalue weighted by molar-refractivity contribution is -0.128. The van der Waals surface area contributed by atoms with Crippen LogP contribution in [0.2, 0.25) is 0 Å². The van der Waals surface area contributed by atoms with Crippen LogP contribution in [0, 0.1) is 5.92 Å². The van der Waals surface area contributed by atoms with Gasteiger partial charge in [0, 0.05) is 45.3 Å². The van der Waals surface area contributed by atoms with Crippen LogP contribution in [0.4, 0.5) is 5.82 Å². The molecule has 1 amide bonds. The molecule has 1 aliphatic rings. The van der Waals surface area contributed by atoms with Crippen LogP contribution in [0.5, 0.6) is 0 Å². The Kier molecular flexibility index (Phi) is 5.50. The second-order valence-electron chi connectivity index (χ2n) is 5.76. The predicted molar refractivity (Wildman–Crippen MR) is 81.1 cm³/mol. The fraction of sp³-hybridized carbons (Fsp3) is 0.667. The lowest BCUT2D eigenvalue weighted by atomic mass is 10.0. The molecular weight excluding hydrogens is 268 g/mol. The molecule has 6 heteroatoms. The van der Waals surface area contributed by atoms with Gasteiger partial charge >= 0.3 is 0 Å². The minimum absolute atomic E-state index is 0.202. The number of nitrogens with zero attached hydrogens (tertiary/aromatic N) is 3. The van der Waals surface area contributed by atoms with Crippen LogP contribution in [0.3, 0.4) is 0 Å². The lowest BCUT2D eigenvalue weighted by Crippen LogP contribution is -2.29. The third-order valence-electron chi connectivity index (χ3n) is 3.47. The van der Waals surface area contributed by atoms with Gasteiger partial charge in [0.25, 0.3) is 0 Å². The fourth-order valence-electron chi connectivity index (χ4n) is 2.54. The van der Waals surface area contributed by atoms with Crippen molar-refractivity contribution in [3.63, 3.8) is 0 Å². The molecule has 0 aliphatic carbocycles. The quantitative estimate of drug-likeness (QED) is 0.821. The minimum Gasteiger partial charge on any atom is -0.383 e. The first-order valence-electron chi connectivity index (χ1n) is 7.43. The Morgan fingerprint density at radius 1 is 1.52 bits per heavy atom. The number of amides is 1. The van der Waals surface area contributed by atoms with E-state index in [-0.39, 0.29) is 5.91 Å². The van der Waals surface area contributed by atoms with E-state index in [1.54, 1.807) is 13.3 Å². The first-order chi connectivity index (χ1) is 10.1. The summed E-state index contributed by atoms with van der Waals surface area (Å²) in [5, 5.41) is 3.27. The van der Waals surface area contributed by atoms with Gasteiger partial charge in [-0.1, -0.05) is 0 Å². The molecule has 1 aliphatic heterocycles. The third-order valence-corrected chi connectivity index (χ3v) is 3.47. The molecule has 2 heterocycles. The van der Waals surface area contributed by atoms with Gasteiger partial charge in [-0.3, -0.25) is 4.79 Å². The van der Waals surface area contributed by atoms with Crippen molar-refractivity contribution in [2.24, 2.45) is 5.92 Å². The van der Waals surface area contributed by atoms with E-state index in [0.717, 1.165) is 24.6 Å². The van der Waals surface area contributed by atoms with E-state index in [4.69, 9.17) is 4.74 Å². The highest BCUT2D eigenvalue weighted by Gasteiger charge is 2.29. The Morgan fingerprint density at radius 3 is 3.05 bits per heavy atom. The molecule has 0 spiro atoms. The summed E-state index contributed by atoms with van der Waals surface area (Å²) in [5.74, 6) is 2.14. The molecule has 1 atom stereocenters. The summed E-state index contributed by atoms with van der Waals surface area (Å²) in [6, 6.07) is 2.21. The Balaban J connectivity index is 1.92. The maximum Gasteiger partial charge on any atom is 0.223 e. The molecule has 1 aromatic rings. The summed E-state index contributed by atoms with van der Waals surface area (Å²) < 4.78 is 5.03. The number of methoxy groups -OCH3 is 1. The normalized spacial score (nSPS) is 18.6. The van der Waals surface area contributed by atoms with E-state index < -0.39 is 0 Å². The molecule has 116 valence electrons. The number of nitrogens with one attached hydrogen (secondary N) is 1. The van der Waals surface area contributed by atoms with E-state index in [1.165, 1.54) is 0 Å². The van der Waals surface area contributed by atoms with Gasteiger partial charge in [0.2, 0.25) is 5.91 Å². The molecule has 1 N–H and O–H groups in total. The van der Waals surface area contributed by atoms with Crippen LogP contribution in [0.1, 0.15) is 26.1 Å². The molecule has 1 saturated heterocycles. The molecule has 1 unspecified atom stereocenters. The summed E-state index contributed by atoms with van der Waals surface area (Å²) in [6.07, 6.45) is 3.09. The Bertz CT molecular complexity index is 478. The molecule has 21 heavy (non-hydrogen) atoms. The van der Waals surface area contributed by atoms with Crippen molar-refractivity contribution in [1.29, 1.82) is 0 Å². The number of carbonyl (C=O) groups excluding carboxylic acids is 1. The lowest BCUT2D eigenvalue weighted by Gasteiger charge is -2.15. The van der Waals surface area contributed by atoms with E-state index in [2.05, 4.69) is 29.1 Å². The van der Waals surface area contributed by atoms with Crippen molar-refractivity contribution in [1.82, 2.24) is 14.9 Å². The van der Waals surface area contributed by atoms with E-state index >= 15 is 0 Å². The Hall–Kier alpha value is -1.69. The van der Waals surface area contributed by atoms with E-state index in [9.17, 15) is 4.79 Å². The van der Waals surface area contributed by atoms with Gasteiger partial charge in [0.15, 0.2) is 0 Å². The predicted octanol–water partition coefficient (Wildman–Crippen LogP) is 1.33. The molecule has 0 aromatic carbocycles. The van der Waals surface area contributed by atoms with Crippen LogP contribution < -0.4 is 5.32 Å². The monoisotopic (exact) mass is 292 g/mol. The van der Waals surface area contributed by atoms with Gasteiger partial charge in [0.05, 0.1) is 6.61 Å². The van der Waals surface area contributed by atoms with Crippen molar-refractivity contribution in [3.05, 3.63) is 18.1 Å². The highest BCUT2D eigenvalue weighted by molar-refractivity contribution is 5.78. The average Bonchev–Trinajstić information content (AvgIpc) is 2.76. The maximum atomic E-state index is 11.9. The summed E-state index contributed by atoms with van der Waals surface area (Å²) in [5.41, 5.74) is 0.